The van der Waals surface area contributed by atoms with Crippen LogP contribution in [0.25, 0.3) is 6.08 Å². The maximum Gasteiger partial charge on any atom is 0.139 e. The van der Waals surface area contributed by atoms with Crippen LogP contribution in [0.15, 0.2) is 106 Å². The van der Waals surface area contributed by atoms with Gasteiger partial charge in [-0.25, -0.2) is 0 Å². The summed E-state index contributed by atoms with van der Waals surface area (Å²) in [6, 6.07) is 11.0. The van der Waals surface area contributed by atoms with E-state index in [1.165, 1.54) is 37.8 Å². The van der Waals surface area contributed by atoms with Crippen LogP contribution in [0.3, 0.4) is 0 Å². The van der Waals surface area contributed by atoms with Crippen LogP contribution < -0.4 is 5.32 Å². The molecule has 3 aliphatic rings. The van der Waals surface area contributed by atoms with E-state index in [0.717, 1.165) is 32.4 Å². The molecule has 4 unspecified atom stereocenters. The molecule has 1 aliphatic heterocycles. The Morgan fingerprint density at radius 2 is 1.97 bits per heavy atom. The molecule has 0 spiro atoms. The van der Waals surface area contributed by atoms with Gasteiger partial charge in [-0.3, -0.25) is 4.90 Å². The highest BCUT2D eigenvalue weighted by Gasteiger charge is 2.39. The van der Waals surface area contributed by atoms with Crippen LogP contribution in [-0.4, -0.2) is 34.7 Å². The zero-order valence-corrected chi connectivity index (χ0v) is 25.5. The molecule has 2 nitrogen and oxygen atoms in total. The van der Waals surface area contributed by atoms with Crippen molar-refractivity contribution >= 4 is 29.6 Å². The SMILES string of the molecule is C=C(/C=C(\CC)CC1SC2C=C(/C=C/c3ccccc3)C=CC2N1CC)SC1=C([NH2+]CC)C=C(C)C(C)C1. The van der Waals surface area contributed by atoms with Crippen molar-refractivity contribution in [3.05, 3.63) is 111 Å². The first-order valence-corrected chi connectivity index (χ1v) is 16.0. The predicted molar refractivity (Wildman–Crippen MR) is 171 cm³/mol. The highest BCUT2D eigenvalue weighted by molar-refractivity contribution is 8.06. The lowest BCUT2D eigenvalue weighted by Gasteiger charge is -2.28. The molecular weight excluding hydrogens is 501 g/mol. The van der Waals surface area contributed by atoms with Gasteiger partial charge in [0.2, 0.25) is 0 Å². The highest BCUT2D eigenvalue weighted by Crippen LogP contribution is 2.43. The Kier molecular flexibility index (Phi) is 10.6. The Bertz CT molecular complexity index is 1170. The number of thioether (sulfide) groups is 2. The number of quaternary nitrogens is 1. The number of nitrogens with zero attached hydrogens (tertiary/aromatic N) is 1. The van der Waals surface area contributed by atoms with E-state index in [1.54, 1.807) is 0 Å². The minimum atomic E-state index is 0.482. The minimum absolute atomic E-state index is 0.482. The standard InChI is InChI=1S/C34H44N2S2/c1-7-27(21-26(6)37-32-20-25(5)24(4)19-30(32)35-8-2)23-34-36(9-3)31-18-17-29(22-33(31)38-34)16-15-28-13-11-10-12-14-28/h10-19,21-22,25,31,33-35H,6-9,20,23H2,1-5H3/p+1/b16-15+,27-21+. The first-order valence-electron chi connectivity index (χ1n) is 14.3. The van der Waals surface area contributed by atoms with Gasteiger partial charge in [-0.1, -0.05) is 111 Å². The molecular formula is C34H45N2S2+. The topological polar surface area (TPSA) is 19.9 Å². The number of fused-ring (bicyclic) bond motifs is 1. The van der Waals surface area contributed by atoms with Crippen LogP contribution in [0.4, 0.5) is 0 Å². The molecule has 202 valence electrons. The second kappa shape index (κ2) is 13.9. The summed E-state index contributed by atoms with van der Waals surface area (Å²) >= 11 is 4.02. The molecule has 4 rings (SSSR count). The molecule has 0 amide bonds. The number of allylic oxidation sites excluding steroid dienone is 7. The quantitative estimate of drug-likeness (QED) is 0.284. The van der Waals surface area contributed by atoms with Gasteiger partial charge in [-0.15, -0.1) is 11.8 Å². The third-order valence-electron chi connectivity index (χ3n) is 7.79. The van der Waals surface area contributed by atoms with Gasteiger partial charge in [-0.05, 0) is 68.9 Å². The Balaban J connectivity index is 1.43. The lowest BCUT2D eigenvalue weighted by Crippen LogP contribution is -2.81. The normalized spacial score (nSPS) is 26.1. The molecule has 38 heavy (non-hydrogen) atoms. The molecule has 1 aromatic rings. The number of nitrogens with two attached hydrogens (primary N) is 1. The minimum Gasteiger partial charge on any atom is -0.313 e. The number of likely N-dealkylation sites (N-methyl/N-ethyl adjacent to an activating group) is 2. The summed E-state index contributed by atoms with van der Waals surface area (Å²) in [5, 5.41) is 3.38. The molecule has 0 saturated carbocycles. The van der Waals surface area contributed by atoms with E-state index in [4.69, 9.17) is 0 Å². The molecule has 2 aliphatic carbocycles. The Labute approximate surface area is 239 Å². The summed E-state index contributed by atoms with van der Waals surface area (Å²) < 4.78 is 0. The molecule has 1 saturated heterocycles. The highest BCUT2D eigenvalue weighted by atomic mass is 32.2. The molecule has 2 N–H and O–H groups in total. The number of hydrogen-bond donors (Lipinski definition) is 1. The van der Waals surface area contributed by atoms with Gasteiger partial charge < -0.3 is 5.32 Å². The average molecular weight is 546 g/mol. The molecule has 1 heterocycles. The smallest absolute Gasteiger partial charge is 0.139 e. The molecule has 0 radical (unpaired) electrons. The van der Waals surface area contributed by atoms with Gasteiger partial charge in [0.1, 0.15) is 5.70 Å². The van der Waals surface area contributed by atoms with E-state index in [2.05, 4.69) is 136 Å². The van der Waals surface area contributed by atoms with Crippen LogP contribution >= 0.6 is 23.5 Å². The summed E-state index contributed by atoms with van der Waals surface area (Å²) in [6.07, 6.45) is 19.7. The number of rotatable bonds is 11. The molecule has 0 bridgehead atoms. The fourth-order valence-corrected chi connectivity index (χ4v) is 8.34. The second-order valence-electron chi connectivity index (χ2n) is 10.6. The molecule has 4 atom stereocenters. The first-order chi connectivity index (χ1) is 18.4. The van der Waals surface area contributed by atoms with Gasteiger partial charge in [0.15, 0.2) is 0 Å². The Morgan fingerprint density at radius 3 is 2.68 bits per heavy atom. The van der Waals surface area contributed by atoms with Crippen molar-refractivity contribution < 1.29 is 5.32 Å². The predicted octanol–water partition coefficient (Wildman–Crippen LogP) is 8.08. The van der Waals surface area contributed by atoms with Gasteiger partial charge >= 0.3 is 0 Å². The monoisotopic (exact) mass is 545 g/mol. The third-order valence-corrected chi connectivity index (χ3v) is 10.3. The van der Waals surface area contributed by atoms with Crippen molar-refractivity contribution in [2.45, 2.75) is 70.5 Å². The largest absolute Gasteiger partial charge is 0.313 e. The van der Waals surface area contributed by atoms with Crippen LogP contribution in [0.5, 0.6) is 0 Å². The lowest BCUT2D eigenvalue weighted by molar-refractivity contribution is -0.599. The average Bonchev–Trinajstić information content (AvgIpc) is 3.26. The summed E-state index contributed by atoms with van der Waals surface area (Å²) in [5.74, 6) is 0.610. The van der Waals surface area contributed by atoms with E-state index < -0.39 is 0 Å². The summed E-state index contributed by atoms with van der Waals surface area (Å²) in [5.41, 5.74) is 6.96. The van der Waals surface area contributed by atoms with Crippen molar-refractivity contribution in [2.24, 2.45) is 5.92 Å². The molecule has 1 fully saturated rings. The van der Waals surface area contributed by atoms with E-state index >= 15 is 0 Å². The zero-order valence-electron chi connectivity index (χ0n) is 23.8. The van der Waals surface area contributed by atoms with Crippen LogP contribution in [0.1, 0.15) is 59.4 Å². The molecule has 0 aromatic heterocycles. The van der Waals surface area contributed by atoms with Crippen LogP contribution in [0, 0.1) is 5.92 Å². The van der Waals surface area contributed by atoms with Crippen molar-refractivity contribution in [3.63, 3.8) is 0 Å². The fraction of sp³-hybridized carbons (Fsp3) is 0.412. The van der Waals surface area contributed by atoms with Crippen molar-refractivity contribution in [2.75, 3.05) is 13.1 Å². The van der Waals surface area contributed by atoms with Gasteiger partial charge in [0.05, 0.1) is 16.8 Å². The second-order valence-corrected chi connectivity index (χ2v) is 13.1. The summed E-state index contributed by atoms with van der Waals surface area (Å²) in [6.45, 7) is 18.1. The first kappa shape index (κ1) is 29.0. The zero-order chi connectivity index (χ0) is 27.1. The van der Waals surface area contributed by atoms with E-state index in [9.17, 15) is 0 Å². The molecule has 4 heteroatoms. The maximum atomic E-state index is 4.49. The van der Waals surface area contributed by atoms with Crippen LogP contribution in [-0.2, 0) is 0 Å². The van der Waals surface area contributed by atoms with Crippen molar-refractivity contribution in [1.29, 1.82) is 0 Å². The van der Waals surface area contributed by atoms with E-state index in [-0.39, 0.29) is 0 Å². The summed E-state index contributed by atoms with van der Waals surface area (Å²) in [7, 11) is 0. The van der Waals surface area contributed by atoms with Crippen LogP contribution in [0.2, 0.25) is 0 Å². The van der Waals surface area contributed by atoms with E-state index in [1.807, 2.05) is 11.8 Å². The number of hydrogen-bond acceptors (Lipinski definition) is 3. The fourth-order valence-electron chi connectivity index (χ4n) is 5.44. The van der Waals surface area contributed by atoms with Crippen molar-refractivity contribution in [1.82, 2.24) is 4.90 Å². The van der Waals surface area contributed by atoms with Gasteiger partial charge in [0.25, 0.3) is 0 Å². The van der Waals surface area contributed by atoms with Gasteiger partial charge in [-0.2, -0.15) is 0 Å². The third kappa shape index (κ3) is 7.35. The van der Waals surface area contributed by atoms with Gasteiger partial charge in [0, 0.05) is 16.2 Å². The number of benzene rings is 1. The summed E-state index contributed by atoms with van der Waals surface area (Å²) in [4.78, 5) is 5.34. The molecule has 1 aromatic carbocycles. The lowest BCUT2D eigenvalue weighted by atomic mass is 9.93. The Morgan fingerprint density at radius 1 is 1.18 bits per heavy atom. The van der Waals surface area contributed by atoms with Crippen molar-refractivity contribution in [3.8, 4) is 0 Å². The van der Waals surface area contributed by atoms with E-state index in [0.29, 0.717) is 22.6 Å². The maximum absolute atomic E-state index is 4.49. The Hall–Kier alpha value is -1.98.